The normalized spacial score (nSPS) is 10.4. The molecule has 0 saturated carbocycles. The molecule has 1 rings (SSSR count). The van der Waals surface area contributed by atoms with Crippen LogP contribution in [0.25, 0.3) is 0 Å². The van der Waals surface area contributed by atoms with Crippen LogP contribution in [0.4, 0.5) is 0 Å². The fourth-order valence-electron chi connectivity index (χ4n) is 1.69. The minimum absolute atomic E-state index is 0.633. The van der Waals surface area contributed by atoms with E-state index in [1.165, 1.54) is 49.2 Å². The molecular formula is C15H21OS. The van der Waals surface area contributed by atoms with Gasteiger partial charge in [0.1, 0.15) is 0 Å². The molecule has 0 aliphatic heterocycles. The highest BCUT2D eigenvalue weighted by Crippen LogP contribution is 2.20. The summed E-state index contributed by atoms with van der Waals surface area (Å²) in [6.07, 6.45) is 9.95. The Bertz CT molecular complexity index is 305. The van der Waals surface area contributed by atoms with Crippen LogP contribution in [-0.4, -0.2) is 12.0 Å². The Morgan fingerprint density at radius 3 is 2.29 bits per heavy atom. The molecule has 93 valence electrons. The number of thioether (sulfide) groups is 1. The van der Waals surface area contributed by atoms with Gasteiger partial charge in [0.2, 0.25) is 6.29 Å². The molecule has 0 heterocycles. The van der Waals surface area contributed by atoms with Crippen molar-refractivity contribution in [3.63, 3.8) is 0 Å². The fourth-order valence-corrected chi connectivity index (χ4v) is 2.60. The first-order chi connectivity index (χ1) is 8.36. The lowest BCUT2D eigenvalue weighted by Gasteiger charge is -2.02. The van der Waals surface area contributed by atoms with Crippen LogP contribution < -0.4 is 0 Å². The highest BCUT2D eigenvalue weighted by molar-refractivity contribution is 7.99. The lowest BCUT2D eigenvalue weighted by atomic mass is 10.1. The zero-order valence-corrected chi connectivity index (χ0v) is 11.4. The number of carbonyl (C=O) groups excluding carboxylic acids is 1. The number of unbranched alkanes of at least 4 members (excludes halogenated alkanes) is 5. The van der Waals surface area contributed by atoms with Gasteiger partial charge >= 0.3 is 0 Å². The maximum Gasteiger partial charge on any atom is 0.233 e. The Morgan fingerprint density at radius 2 is 1.65 bits per heavy atom. The van der Waals surface area contributed by atoms with Crippen LogP contribution in [0, 0.1) is 0 Å². The van der Waals surface area contributed by atoms with E-state index in [2.05, 4.69) is 6.92 Å². The second-order valence-electron chi connectivity index (χ2n) is 4.24. The Labute approximate surface area is 109 Å². The van der Waals surface area contributed by atoms with Crippen LogP contribution in [0.5, 0.6) is 0 Å². The molecule has 0 saturated heterocycles. The molecule has 1 nitrogen and oxygen atoms in total. The maximum absolute atomic E-state index is 10.4. The average Bonchev–Trinajstić information content (AvgIpc) is 2.38. The molecule has 0 bridgehead atoms. The van der Waals surface area contributed by atoms with E-state index in [0.29, 0.717) is 5.56 Å². The summed E-state index contributed by atoms with van der Waals surface area (Å²) >= 11 is 1.87. The minimum atomic E-state index is 0.633. The number of rotatable bonds is 9. The smallest absolute Gasteiger partial charge is 0.233 e. The van der Waals surface area contributed by atoms with Gasteiger partial charge in [-0.05, 0) is 36.4 Å². The molecule has 0 spiro atoms. The van der Waals surface area contributed by atoms with Crippen molar-refractivity contribution in [3.8, 4) is 0 Å². The van der Waals surface area contributed by atoms with Crippen molar-refractivity contribution in [3.05, 3.63) is 29.8 Å². The maximum atomic E-state index is 10.4. The van der Waals surface area contributed by atoms with Gasteiger partial charge in [0.15, 0.2) is 0 Å². The van der Waals surface area contributed by atoms with E-state index in [-0.39, 0.29) is 0 Å². The van der Waals surface area contributed by atoms with Crippen molar-refractivity contribution in [1.82, 2.24) is 0 Å². The van der Waals surface area contributed by atoms with E-state index in [1.807, 2.05) is 42.3 Å². The summed E-state index contributed by atoms with van der Waals surface area (Å²) in [5.41, 5.74) is 0.633. The van der Waals surface area contributed by atoms with Crippen molar-refractivity contribution in [1.29, 1.82) is 0 Å². The Morgan fingerprint density at radius 1 is 1.00 bits per heavy atom. The van der Waals surface area contributed by atoms with Crippen molar-refractivity contribution >= 4 is 18.0 Å². The first-order valence-electron chi connectivity index (χ1n) is 6.48. The molecule has 1 aromatic rings. The van der Waals surface area contributed by atoms with Gasteiger partial charge in [0.25, 0.3) is 0 Å². The summed E-state index contributed by atoms with van der Waals surface area (Å²) in [5.74, 6) is 1.18. The molecule has 0 unspecified atom stereocenters. The highest BCUT2D eigenvalue weighted by Gasteiger charge is 1.96. The summed E-state index contributed by atoms with van der Waals surface area (Å²) in [6, 6.07) is 7.66. The van der Waals surface area contributed by atoms with Gasteiger partial charge in [-0.2, -0.15) is 0 Å². The standard InChI is InChI=1S/C15H21OS/c1-2-3-4-5-6-7-12-17-15-10-8-14(13-16)9-11-15/h8-11H,2-7,12H2,1H3. The zero-order valence-electron chi connectivity index (χ0n) is 10.6. The molecule has 2 heteroatoms. The van der Waals surface area contributed by atoms with Gasteiger partial charge < -0.3 is 0 Å². The van der Waals surface area contributed by atoms with Gasteiger partial charge in [-0.1, -0.05) is 39.0 Å². The summed E-state index contributed by atoms with van der Waals surface area (Å²) in [7, 11) is 0. The number of hydrogen-bond donors (Lipinski definition) is 0. The molecule has 0 aromatic heterocycles. The number of hydrogen-bond acceptors (Lipinski definition) is 2. The van der Waals surface area contributed by atoms with Crippen molar-refractivity contribution in [2.75, 3.05) is 5.75 Å². The molecule has 0 amide bonds. The molecule has 1 aromatic carbocycles. The van der Waals surface area contributed by atoms with E-state index < -0.39 is 0 Å². The molecule has 1 radical (unpaired) electrons. The van der Waals surface area contributed by atoms with Crippen LogP contribution >= 0.6 is 11.8 Å². The summed E-state index contributed by atoms with van der Waals surface area (Å²) < 4.78 is 0. The third-order valence-electron chi connectivity index (χ3n) is 2.74. The Balaban J connectivity index is 2.07. The summed E-state index contributed by atoms with van der Waals surface area (Å²) in [6.45, 7) is 2.25. The van der Waals surface area contributed by atoms with Gasteiger partial charge in [-0.3, -0.25) is 4.79 Å². The molecule has 0 aliphatic rings. The quantitative estimate of drug-likeness (QED) is 0.470. The van der Waals surface area contributed by atoms with Gasteiger partial charge in [0.05, 0.1) is 0 Å². The number of benzene rings is 1. The predicted molar refractivity (Wildman–Crippen MR) is 75.3 cm³/mol. The first kappa shape index (κ1) is 14.3. The predicted octanol–water partition coefficient (Wildman–Crippen LogP) is 4.60. The second kappa shape index (κ2) is 9.29. The van der Waals surface area contributed by atoms with Crippen LogP contribution in [0.15, 0.2) is 29.2 Å². The van der Waals surface area contributed by atoms with Crippen molar-refractivity contribution in [2.24, 2.45) is 0 Å². The molecule has 0 aliphatic carbocycles. The van der Waals surface area contributed by atoms with Crippen LogP contribution in [0.2, 0.25) is 0 Å². The molecule has 0 atom stereocenters. The molecule has 17 heavy (non-hydrogen) atoms. The molecular weight excluding hydrogens is 228 g/mol. The van der Waals surface area contributed by atoms with Crippen molar-refractivity contribution in [2.45, 2.75) is 50.3 Å². The Kier molecular flexibility index (Phi) is 7.81. The molecule has 0 N–H and O–H groups in total. The lowest BCUT2D eigenvalue weighted by Crippen LogP contribution is -1.83. The van der Waals surface area contributed by atoms with E-state index in [1.54, 1.807) is 0 Å². The van der Waals surface area contributed by atoms with Crippen LogP contribution in [0.3, 0.4) is 0 Å². The topological polar surface area (TPSA) is 17.1 Å². The van der Waals surface area contributed by atoms with E-state index >= 15 is 0 Å². The highest BCUT2D eigenvalue weighted by atomic mass is 32.2. The van der Waals surface area contributed by atoms with Gasteiger partial charge in [-0.25, -0.2) is 0 Å². The SMILES string of the molecule is CCCCCCCCSc1ccc([C]=O)cc1. The monoisotopic (exact) mass is 249 g/mol. The third kappa shape index (κ3) is 6.52. The lowest BCUT2D eigenvalue weighted by molar-refractivity contribution is 0.562. The van der Waals surface area contributed by atoms with E-state index in [0.717, 1.165) is 0 Å². The zero-order chi connectivity index (χ0) is 12.3. The summed E-state index contributed by atoms with van der Waals surface area (Å²) in [5, 5.41) is 0. The van der Waals surface area contributed by atoms with Crippen LogP contribution in [-0.2, 0) is 4.79 Å². The average molecular weight is 249 g/mol. The van der Waals surface area contributed by atoms with Gasteiger partial charge in [-0.15, -0.1) is 11.8 Å². The third-order valence-corrected chi connectivity index (χ3v) is 3.84. The van der Waals surface area contributed by atoms with E-state index in [9.17, 15) is 4.79 Å². The van der Waals surface area contributed by atoms with Crippen molar-refractivity contribution < 1.29 is 4.79 Å². The largest absolute Gasteiger partial charge is 0.285 e. The minimum Gasteiger partial charge on any atom is -0.285 e. The Hall–Kier alpha value is -0.760. The molecule has 0 fully saturated rings. The fraction of sp³-hybridized carbons (Fsp3) is 0.533. The first-order valence-corrected chi connectivity index (χ1v) is 7.46. The van der Waals surface area contributed by atoms with E-state index in [4.69, 9.17) is 0 Å². The van der Waals surface area contributed by atoms with Crippen LogP contribution in [0.1, 0.15) is 51.0 Å². The second-order valence-corrected chi connectivity index (χ2v) is 5.41. The van der Waals surface area contributed by atoms with Gasteiger partial charge in [0, 0.05) is 10.5 Å². The summed E-state index contributed by atoms with van der Waals surface area (Å²) in [4.78, 5) is 11.6.